The highest BCUT2D eigenvalue weighted by molar-refractivity contribution is 6.31. The van der Waals surface area contributed by atoms with Gasteiger partial charge >= 0.3 is 5.97 Å². The molecule has 0 N–H and O–H groups in total. The molecule has 14 heavy (non-hydrogen) atoms. The Balaban J connectivity index is 3.94. The van der Waals surface area contributed by atoms with Gasteiger partial charge < -0.3 is 0 Å². The van der Waals surface area contributed by atoms with Crippen LogP contribution in [0.1, 0.15) is 20.8 Å². The minimum absolute atomic E-state index is 0.0917. The Morgan fingerprint density at radius 1 is 1.14 bits per heavy atom. The van der Waals surface area contributed by atoms with Gasteiger partial charge in [-0.3, -0.25) is 14.5 Å². The summed E-state index contributed by atoms with van der Waals surface area (Å²) >= 11 is 0. The molecule has 0 aromatic rings. The Hall–Kier alpha value is -1.49. The summed E-state index contributed by atoms with van der Waals surface area (Å²) in [6.07, 6.45) is 1.72. The lowest BCUT2D eigenvalue weighted by atomic mass is 10.2. The van der Waals surface area contributed by atoms with E-state index >= 15 is 0 Å². The molecule has 78 valence electrons. The van der Waals surface area contributed by atoms with Gasteiger partial charge in [0.1, 0.15) is 5.60 Å². The zero-order valence-electron chi connectivity index (χ0n) is 8.27. The Labute approximate surface area is 81.6 Å². The highest BCUT2D eigenvalue weighted by atomic mass is 17.2. The van der Waals surface area contributed by atoms with Crippen LogP contribution >= 0.6 is 0 Å². The molecule has 0 amide bonds. The van der Waals surface area contributed by atoms with E-state index in [-0.39, 0.29) is 6.29 Å². The number of hydrogen-bond donors (Lipinski definition) is 0. The highest BCUT2D eigenvalue weighted by Gasteiger charge is 2.13. The fourth-order valence-electron chi connectivity index (χ4n) is 0.383. The monoisotopic (exact) mass is 200 g/mol. The summed E-state index contributed by atoms with van der Waals surface area (Å²) in [6, 6.07) is 0. The molecule has 0 atom stereocenters. The summed E-state index contributed by atoms with van der Waals surface area (Å²) < 4.78 is 0. The number of ketones is 1. The molecule has 5 nitrogen and oxygen atoms in total. The topological polar surface area (TPSA) is 69.7 Å². The maximum atomic E-state index is 10.8. The first-order valence-electron chi connectivity index (χ1n) is 3.92. The van der Waals surface area contributed by atoms with Crippen molar-refractivity contribution < 1.29 is 24.2 Å². The molecule has 0 radical (unpaired) electrons. The van der Waals surface area contributed by atoms with Crippen molar-refractivity contribution >= 4 is 18.0 Å². The Kier molecular flexibility index (Phi) is 4.72. The first-order valence-corrected chi connectivity index (χ1v) is 3.92. The normalized spacial score (nSPS) is 11.4. The molecule has 0 spiro atoms. The fourth-order valence-corrected chi connectivity index (χ4v) is 0.383. The van der Waals surface area contributed by atoms with Crippen LogP contribution in [0.15, 0.2) is 12.2 Å². The minimum Gasteiger partial charge on any atom is -0.294 e. The van der Waals surface area contributed by atoms with E-state index in [1.807, 2.05) is 0 Å². The lowest BCUT2D eigenvalue weighted by Gasteiger charge is -2.15. The van der Waals surface area contributed by atoms with Gasteiger partial charge in [-0.25, -0.2) is 4.79 Å². The van der Waals surface area contributed by atoms with Crippen LogP contribution in [-0.4, -0.2) is 23.6 Å². The predicted molar refractivity (Wildman–Crippen MR) is 47.1 cm³/mol. The maximum absolute atomic E-state index is 10.8. The van der Waals surface area contributed by atoms with Crippen molar-refractivity contribution in [1.29, 1.82) is 0 Å². The van der Waals surface area contributed by atoms with E-state index in [1.54, 1.807) is 20.8 Å². The number of hydrogen-bond acceptors (Lipinski definition) is 5. The summed E-state index contributed by atoms with van der Waals surface area (Å²) in [5.41, 5.74) is -0.613. The zero-order chi connectivity index (χ0) is 11.2. The van der Waals surface area contributed by atoms with Gasteiger partial charge in [0.05, 0.1) is 0 Å². The molecular formula is C9H12O5. The van der Waals surface area contributed by atoms with Crippen LogP contribution < -0.4 is 0 Å². The van der Waals surface area contributed by atoms with Gasteiger partial charge in [0.25, 0.3) is 0 Å². The molecule has 0 unspecified atom stereocenters. The molecule has 0 aromatic carbocycles. The molecule has 0 saturated carbocycles. The van der Waals surface area contributed by atoms with E-state index in [0.29, 0.717) is 0 Å². The molecule has 0 rings (SSSR count). The van der Waals surface area contributed by atoms with Crippen LogP contribution in [-0.2, 0) is 24.2 Å². The average molecular weight is 200 g/mol. The van der Waals surface area contributed by atoms with Gasteiger partial charge in [-0.05, 0) is 26.8 Å². The van der Waals surface area contributed by atoms with Gasteiger partial charge in [0, 0.05) is 6.08 Å². The van der Waals surface area contributed by atoms with Crippen LogP contribution in [0.5, 0.6) is 0 Å². The van der Waals surface area contributed by atoms with Gasteiger partial charge in [-0.15, -0.1) is 0 Å². The predicted octanol–water partition coefficient (Wildman–Crippen LogP) is 0.584. The molecule has 0 aliphatic heterocycles. The zero-order valence-corrected chi connectivity index (χ0v) is 8.27. The Morgan fingerprint density at radius 2 is 1.71 bits per heavy atom. The highest BCUT2D eigenvalue weighted by Crippen LogP contribution is 2.06. The molecule has 0 bridgehead atoms. The Morgan fingerprint density at radius 3 is 2.14 bits per heavy atom. The lowest BCUT2D eigenvalue weighted by Crippen LogP contribution is -2.21. The van der Waals surface area contributed by atoms with Gasteiger partial charge in [-0.1, -0.05) is 0 Å². The van der Waals surface area contributed by atoms with Crippen molar-refractivity contribution in [2.45, 2.75) is 26.4 Å². The molecule has 0 aromatic heterocycles. The number of allylic oxidation sites excluding steroid dienone is 1. The summed E-state index contributed by atoms with van der Waals surface area (Å²) in [5, 5.41) is 0. The van der Waals surface area contributed by atoms with Crippen LogP contribution in [0, 0.1) is 0 Å². The quantitative estimate of drug-likeness (QED) is 0.218. The van der Waals surface area contributed by atoms with Crippen molar-refractivity contribution in [3.8, 4) is 0 Å². The third kappa shape index (κ3) is 7.17. The van der Waals surface area contributed by atoms with Crippen LogP contribution in [0.25, 0.3) is 0 Å². The SMILES string of the molecule is CC(C)(C)OOC(=O)/C=C/C(=O)C=O. The van der Waals surface area contributed by atoms with E-state index in [9.17, 15) is 14.4 Å². The van der Waals surface area contributed by atoms with E-state index < -0.39 is 17.4 Å². The minimum atomic E-state index is -0.838. The van der Waals surface area contributed by atoms with E-state index in [1.165, 1.54) is 0 Å². The molecular weight excluding hydrogens is 188 g/mol. The third-order valence-electron chi connectivity index (χ3n) is 0.874. The summed E-state index contributed by atoms with van der Waals surface area (Å²) in [4.78, 5) is 40.0. The summed E-state index contributed by atoms with van der Waals surface area (Å²) in [6.45, 7) is 5.09. The first-order chi connectivity index (χ1) is 6.35. The van der Waals surface area contributed by atoms with Gasteiger partial charge in [0.15, 0.2) is 6.29 Å². The second-order valence-electron chi connectivity index (χ2n) is 3.45. The van der Waals surface area contributed by atoms with Gasteiger partial charge in [0.2, 0.25) is 5.78 Å². The fraction of sp³-hybridized carbons (Fsp3) is 0.444. The second kappa shape index (κ2) is 5.29. The molecule has 0 heterocycles. The van der Waals surface area contributed by atoms with Crippen molar-refractivity contribution in [3.05, 3.63) is 12.2 Å². The number of aldehydes is 1. The lowest BCUT2D eigenvalue weighted by molar-refractivity contribution is -0.316. The standard InChI is InChI=1S/C9H12O5/c1-9(2,3)14-13-8(12)5-4-7(11)6-10/h4-6H,1-3H3/b5-4+. The largest absolute Gasteiger partial charge is 0.366 e. The van der Waals surface area contributed by atoms with Crippen LogP contribution in [0.3, 0.4) is 0 Å². The van der Waals surface area contributed by atoms with Crippen molar-refractivity contribution in [2.75, 3.05) is 0 Å². The van der Waals surface area contributed by atoms with E-state index in [2.05, 4.69) is 9.78 Å². The molecule has 5 heteroatoms. The Bertz CT molecular complexity index is 259. The smallest absolute Gasteiger partial charge is 0.294 e. The molecule has 0 fully saturated rings. The van der Waals surface area contributed by atoms with E-state index in [4.69, 9.17) is 0 Å². The van der Waals surface area contributed by atoms with Crippen molar-refractivity contribution in [3.63, 3.8) is 0 Å². The summed E-state index contributed by atoms with van der Waals surface area (Å²) in [7, 11) is 0. The van der Waals surface area contributed by atoms with E-state index in [0.717, 1.165) is 12.2 Å². The van der Waals surface area contributed by atoms with Crippen molar-refractivity contribution in [2.24, 2.45) is 0 Å². The average Bonchev–Trinajstić information content (AvgIpc) is 2.09. The second-order valence-corrected chi connectivity index (χ2v) is 3.45. The number of carbonyl (C=O) groups excluding carboxylic acids is 3. The van der Waals surface area contributed by atoms with Gasteiger partial charge in [-0.2, -0.15) is 4.89 Å². The third-order valence-corrected chi connectivity index (χ3v) is 0.874. The molecule has 0 aliphatic carbocycles. The van der Waals surface area contributed by atoms with Crippen LogP contribution in [0.4, 0.5) is 0 Å². The number of rotatable bonds is 4. The summed E-state index contributed by atoms with van der Waals surface area (Å²) in [5.74, 6) is -1.65. The van der Waals surface area contributed by atoms with Crippen molar-refractivity contribution in [1.82, 2.24) is 0 Å². The number of carbonyl (C=O) groups is 3. The first kappa shape index (κ1) is 12.5. The molecule has 0 aliphatic rings. The van der Waals surface area contributed by atoms with Crippen LogP contribution in [0.2, 0.25) is 0 Å². The maximum Gasteiger partial charge on any atom is 0.366 e. The molecule has 0 saturated heterocycles.